The van der Waals surface area contributed by atoms with Gasteiger partial charge in [-0.3, -0.25) is 14.6 Å². The van der Waals surface area contributed by atoms with Crippen molar-refractivity contribution in [1.29, 1.82) is 0 Å². The summed E-state index contributed by atoms with van der Waals surface area (Å²) in [5, 5.41) is 0. The van der Waals surface area contributed by atoms with Crippen LogP contribution in [-0.4, -0.2) is 66.4 Å². The molecule has 1 spiro atoms. The maximum Gasteiger partial charge on any atom is 0.236 e. The molecular formula is C21H31F2N3O. The van der Waals surface area contributed by atoms with Gasteiger partial charge >= 0.3 is 0 Å². The smallest absolute Gasteiger partial charge is 0.236 e. The second-order valence-electron chi connectivity index (χ2n) is 8.62. The number of carbonyl (C=O) groups is 1. The number of benzene rings is 1. The molecule has 0 aromatic heterocycles. The zero-order valence-corrected chi connectivity index (χ0v) is 16.7. The molecule has 0 radical (unpaired) electrons. The molecule has 1 unspecified atom stereocenters. The first-order chi connectivity index (χ1) is 12.8. The molecule has 2 heterocycles. The summed E-state index contributed by atoms with van der Waals surface area (Å²) in [7, 11) is 1.86. The van der Waals surface area contributed by atoms with Crippen molar-refractivity contribution in [3.05, 3.63) is 35.4 Å². The van der Waals surface area contributed by atoms with E-state index in [4.69, 9.17) is 0 Å². The molecule has 0 bridgehead atoms. The average Bonchev–Trinajstić information content (AvgIpc) is 2.99. The number of rotatable bonds is 5. The van der Waals surface area contributed by atoms with Gasteiger partial charge in [-0.1, -0.05) is 6.07 Å². The number of hydrogen-bond donors (Lipinski definition) is 0. The zero-order chi connectivity index (χ0) is 19.6. The van der Waals surface area contributed by atoms with Crippen molar-refractivity contribution in [3.63, 3.8) is 0 Å². The Labute approximate surface area is 161 Å². The first-order valence-corrected chi connectivity index (χ1v) is 9.92. The molecule has 3 rings (SSSR count). The van der Waals surface area contributed by atoms with Gasteiger partial charge in [-0.2, -0.15) is 0 Å². The third kappa shape index (κ3) is 4.85. The van der Waals surface area contributed by atoms with E-state index in [1.807, 2.05) is 20.9 Å². The standard InChI is InChI=1S/C21H31F2N3O/c1-16(2)24(3)20(27)13-26-10-8-21(15-26)7-4-9-25(14-21)12-17-5-6-18(22)19(23)11-17/h5-6,11,16H,4,7-10,12-15H2,1-3H3. The monoisotopic (exact) mass is 379 g/mol. The zero-order valence-electron chi connectivity index (χ0n) is 16.7. The highest BCUT2D eigenvalue weighted by atomic mass is 19.2. The number of nitrogens with zero attached hydrogens (tertiary/aromatic N) is 3. The van der Waals surface area contributed by atoms with Gasteiger partial charge in [-0.05, 0) is 69.3 Å². The molecule has 6 heteroatoms. The molecule has 0 N–H and O–H groups in total. The van der Waals surface area contributed by atoms with Crippen LogP contribution < -0.4 is 0 Å². The van der Waals surface area contributed by atoms with Crippen LogP contribution in [0.4, 0.5) is 8.78 Å². The Morgan fingerprint density at radius 2 is 1.89 bits per heavy atom. The Hall–Kier alpha value is -1.53. The molecule has 1 aromatic carbocycles. The quantitative estimate of drug-likeness (QED) is 0.787. The number of hydrogen-bond acceptors (Lipinski definition) is 3. The molecule has 2 saturated heterocycles. The highest BCUT2D eigenvalue weighted by molar-refractivity contribution is 5.78. The van der Waals surface area contributed by atoms with Gasteiger partial charge in [0, 0.05) is 32.7 Å². The van der Waals surface area contributed by atoms with Crippen LogP contribution in [0.1, 0.15) is 38.7 Å². The molecule has 1 aromatic rings. The van der Waals surface area contributed by atoms with Gasteiger partial charge in [0.25, 0.3) is 0 Å². The van der Waals surface area contributed by atoms with Crippen molar-refractivity contribution in [2.45, 2.75) is 45.7 Å². The van der Waals surface area contributed by atoms with Crippen LogP contribution in [0.3, 0.4) is 0 Å². The lowest BCUT2D eigenvalue weighted by Crippen LogP contribution is -2.46. The van der Waals surface area contributed by atoms with E-state index < -0.39 is 11.6 Å². The molecule has 2 aliphatic heterocycles. The summed E-state index contributed by atoms with van der Waals surface area (Å²) in [6.45, 7) is 9.02. The van der Waals surface area contributed by atoms with Gasteiger partial charge in [0.1, 0.15) is 0 Å². The summed E-state index contributed by atoms with van der Waals surface area (Å²) >= 11 is 0. The van der Waals surface area contributed by atoms with Crippen LogP contribution >= 0.6 is 0 Å². The van der Waals surface area contributed by atoms with Crippen LogP contribution in [0.2, 0.25) is 0 Å². The number of carbonyl (C=O) groups excluding carboxylic acids is 1. The fourth-order valence-electron chi connectivity index (χ4n) is 4.43. The van der Waals surface area contributed by atoms with Crippen molar-refractivity contribution < 1.29 is 13.6 Å². The lowest BCUT2D eigenvalue weighted by atomic mass is 9.79. The van der Waals surface area contributed by atoms with Gasteiger partial charge in [0.2, 0.25) is 5.91 Å². The largest absolute Gasteiger partial charge is 0.342 e. The second kappa shape index (κ2) is 8.23. The molecule has 27 heavy (non-hydrogen) atoms. The molecule has 150 valence electrons. The number of amides is 1. The van der Waals surface area contributed by atoms with Gasteiger partial charge in [0.15, 0.2) is 11.6 Å². The predicted octanol–water partition coefficient (Wildman–Crippen LogP) is 3.12. The Kier molecular flexibility index (Phi) is 6.16. The summed E-state index contributed by atoms with van der Waals surface area (Å²) in [5.74, 6) is -1.40. The number of likely N-dealkylation sites (N-methyl/N-ethyl adjacent to an activating group) is 1. The predicted molar refractivity (Wildman–Crippen MR) is 102 cm³/mol. The first-order valence-electron chi connectivity index (χ1n) is 9.92. The van der Waals surface area contributed by atoms with Crippen LogP contribution in [0.25, 0.3) is 0 Å². The minimum absolute atomic E-state index is 0.177. The molecule has 0 saturated carbocycles. The first kappa shape index (κ1) is 20.2. The van der Waals surface area contributed by atoms with E-state index in [1.54, 1.807) is 11.0 Å². The molecular weight excluding hydrogens is 348 g/mol. The van der Waals surface area contributed by atoms with E-state index in [2.05, 4.69) is 9.80 Å². The summed E-state index contributed by atoms with van der Waals surface area (Å²) in [4.78, 5) is 18.8. The Morgan fingerprint density at radius 3 is 2.59 bits per heavy atom. The van der Waals surface area contributed by atoms with E-state index in [9.17, 15) is 13.6 Å². The summed E-state index contributed by atoms with van der Waals surface area (Å²) in [6.07, 6.45) is 3.38. The average molecular weight is 379 g/mol. The molecule has 0 aliphatic carbocycles. The number of halogens is 2. The minimum atomic E-state index is -0.795. The van der Waals surface area contributed by atoms with Gasteiger partial charge in [-0.15, -0.1) is 0 Å². The second-order valence-corrected chi connectivity index (χ2v) is 8.62. The van der Waals surface area contributed by atoms with Crippen molar-refractivity contribution >= 4 is 5.91 Å². The van der Waals surface area contributed by atoms with E-state index in [0.29, 0.717) is 13.1 Å². The molecule has 2 aliphatic rings. The van der Waals surface area contributed by atoms with Gasteiger partial charge in [-0.25, -0.2) is 8.78 Å². The fraction of sp³-hybridized carbons (Fsp3) is 0.667. The van der Waals surface area contributed by atoms with E-state index in [-0.39, 0.29) is 17.4 Å². The molecule has 1 amide bonds. The van der Waals surface area contributed by atoms with Gasteiger partial charge in [0.05, 0.1) is 6.54 Å². The third-order valence-electron chi connectivity index (χ3n) is 6.17. The lowest BCUT2D eigenvalue weighted by molar-refractivity contribution is -0.132. The highest BCUT2D eigenvalue weighted by Crippen LogP contribution is 2.39. The Morgan fingerprint density at radius 1 is 1.15 bits per heavy atom. The van der Waals surface area contributed by atoms with Crippen LogP contribution in [0, 0.1) is 17.0 Å². The van der Waals surface area contributed by atoms with E-state index in [0.717, 1.165) is 44.6 Å². The van der Waals surface area contributed by atoms with Crippen molar-refractivity contribution in [2.24, 2.45) is 5.41 Å². The highest BCUT2D eigenvalue weighted by Gasteiger charge is 2.41. The number of piperidine rings is 1. The van der Waals surface area contributed by atoms with Crippen LogP contribution in [0.5, 0.6) is 0 Å². The van der Waals surface area contributed by atoms with Gasteiger partial charge < -0.3 is 4.90 Å². The third-order valence-corrected chi connectivity index (χ3v) is 6.17. The van der Waals surface area contributed by atoms with E-state index >= 15 is 0 Å². The Balaban J connectivity index is 1.57. The van der Waals surface area contributed by atoms with Crippen molar-refractivity contribution in [3.8, 4) is 0 Å². The molecule has 2 fully saturated rings. The van der Waals surface area contributed by atoms with E-state index in [1.165, 1.54) is 18.6 Å². The summed E-state index contributed by atoms with van der Waals surface area (Å²) in [6, 6.07) is 4.40. The maximum atomic E-state index is 13.5. The van der Waals surface area contributed by atoms with Crippen molar-refractivity contribution in [2.75, 3.05) is 39.8 Å². The minimum Gasteiger partial charge on any atom is -0.342 e. The SMILES string of the molecule is CC(C)N(C)C(=O)CN1CCC2(CCCN(Cc3ccc(F)c(F)c3)C2)C1. The topological polar surface area (TPSA) is 26.8 Å². The molecule has 4 nitrogen and oxygen atoms in total. The maximum absolute atomic E-state index is 13.5. The van der Waals surface area contributed by atoms with Crippen LogP contribution in [-0.2, 0) is 11.3 Å². The lowest BCUT2D eigenvalue weighted by Gasteiger charge is -2.40. The normalized spacial score (nSPS) is 24.1. The van der Waals surface area contributed by atoms with Crippen molar-refractivity contribution in [1.82, 2.24) is 14.7 Å². The summed E-state index contributed by atoms with van der Waals surface area (Å²) in [5.41, 5.74) is 1.03. The molecule has 1 atom stereocenters. The number of likely N-dealkylation sites (tertiary alicyclic amines) is 2. The van der Waals surface area contributed by atoms with Crippen LogP contribution in [0.15, 0.2) is 18.2 Å². The summed E-state index contributed by atoms with van der Waals surface area (Å²) < 4.78 is 26.6. The fourth-order valence-corrected chi connectivity index (χ4v) is 4.43. The Bertz CT molecular complexity index is 681.